The number of carbonyl (C=O) groups excluding carboxylic acids is 1. The number of nitrogens with one attached hydrogen (secondary N) is 2. The molecule has 222 valence electrons. The summed E-state index contributed by atoms with van der Waals surface area (Å²) in [5.41, 5.74) is -1.69. The van der Waals surface area contributed by atoms with Crippen LogP contribution in [-0.4, -0.2) is 43.9 Å². The average Bonchev–Trinajstić information content (AvgIpc) is 3.32. The summed E-state index contributed by atoms with van der Waals surface area (Å²) in [5.74, 6) is -3.09. The van der Waals surface area contributed by atoms with Crippen molar-refractivity contribution in [3.05, 3.63) is 75.7 Å². The summed E-state index contributed by atoms with van der Waals surface area (Å²) < 4.78 is 70.0. The van der Waals surface area contributed by atoms with Crippen molar-refractivity contribution in [3.63, 3.8) is 0 Å². The summed E-state index contributed by atoms with van der Waals surface area (Å²) in [7, 11) is 1.65. The van der Waals surface area contributed by atoms with Crippen LogP contribution in [0.25, 0.3) is 0 Å². The number of rotatable bonds is 11. The molecule has 1 aliphatic rings. The van der Waals surface area contributed by atoms with Crippen LogP contribution in [0.15, 0.2) is 47.7 Å². The number of aryl methyl sites for hydroxylation is 1. The van der Waals surface area contributed by atoms with E-state index in [0.717, 1.165) is 19.0 Å². The Balaban J connectivity index is 1.62. The molecule has 0 unspecified atom stereocenters. The van der Waals surface area contributed by atoms with Gasteiger partial charge in [0, 0.05) is 38.3 Å². The molecule has 0 spiro atoms. The molecule has 13 heteroatoms. The molecule has 1 fully saturated rings. The maximum absolute atomic E-state index is 14.1. The number of benzene rings is 1. The predicted molar refractivity (Wildman–Crippen MR) is 143 cm³/mol. The number of pyridine rings is 1. The second-order valence-electron chi connectivity index (χ2n) is 10.7. The minimum absolute atomic E-state index is 0.166. The average molecular weight is 581 g/mol. The van der Waals surface area contributed by atoms with Gasteiger partial charge in [0.05, 0.1) is 5.41 Å². The number of anilines is 1. The molecule has 3 aromatic rings. The zero-order chi connectivity index (χ0) is 30.0. The molecule has 1 amide bonds. The standard InChI is InChI=1S/C28H33F5N6O2/c1-4-18(5-2)11-34-12-19-9-22(24(41)39(13-19)16-28(31,32)33)23(40)36-21-8-6-7-20(10-21)26(14-27(29,30)15-26)25-37-35-17-38(25)3/h6-10,13,17-18,34H,4-5,11-12,14-16H2,1-3H3,(H,36,40). The highest BCUT2D eigenvalue weighted by Gasteiger charge is 2.60. The quantitative estimate of drug-likeness (QED) is 0.311. The monoisotopic (exact) mass is 580 g/mol. The number of hydrogen-bond acceptors (Lipinski definition) is 5. The van der Waals surface area contributed by atoms with Crippen molar-refractivity contribution in [1.29, 1.82) is 0 Å². The van der Waals surface area contributed by atoms with Crippen LogP contribution in [0.3, 0.4) is 0 Å². The molecule has 2 aromatic heterocycles. The lowest BCUT2D eigenvalue weighted by Crippen LogP contribution is -2.51. The zero-order valence-corrected chi connectivity index (χ0v) is 23.1. The summed E-state index contributed by atoms with van der Waals surface area (Å²) in [5, 5.41) is 13.6. The van der Waals surface area contributed by atoms with Crippen LogP contribution in [0.4, 0.5) is 27.6 Å². The van der Waals surface area contributed by atoms with E-state index in [4.69, 9.17) is 0 Å². The number of nitrogens with zero attached hydrogens (tertiary/aromatic N) is 4. The number of alkyl halides is 5. The van der Waals surface area contributed by atoms with Crippen LogP contribution in [0, 0.1) is 5.92 Å². The lowest BCUT2D eigenvalue weighted by atomic mass is 9.61. The van der Waals surface area contributed by atoms with E-state index < -0.39 is 53.9 Å². The number of amides is 1. The van der Waals surface area contributed by atoms with Gasteiger partial charge >= 0.3 is 6.18 Å². The third kappa shape index (κ3) is 6.83. The summed E-state index contributed by atoms with van der Waals surface area (Å²) in [6, 6.07) is 7.51. The van der Waals surface area contributed by atoms with Crippen molar-refractivity contribution in [2.45, 2.75) is 70.1 Å². The van der Waals surface area contributed by atoms with Crippen molar-refractivity contribution in [2.24, 2.45) is 13.0 Å². The van der Waals surface area contributed by atoms with Gasteiger partial charge in [-0.15, -0.1) is 10.2 Å². The van der Waals surface area contributed by atoms with Crippen LogP contribution in [0.1, 0.15) is 66.8 Å². The molecule has 8 nitrogen and oxygen atoms in total. The van der Waals surface area contributed by atoms with Gasteiger partial charge < -0.3 is 19.8 Å². The van der Waals surface area contributed by atoms with Crippen LogP contribution in [0.5, 0.6) is 0 Å². The molecule has 1 aromatic carbocycles. The van der Waals surface area contributed by atoms with Crippen LogP contribution >= 0.6 is 0 Å². The normalized spacial score (nSPS) is 16.0. The second-order valence-corrected chi connectivity index (χ2v) is 10.7. The molecular formula is C28H33F5N6O2. The molecule has 4 rings (SSSR count). The van der Waals surface area contributed by atoms with Gasteiger partial charge in [-0.3, -0.25) is 9.59 Å². The summed E-state index contributed by atoms with van der Waals surface area (Å²) >= 11 is 0. The Kier molecular flexibility index (Phi) is 8.67. The van der Waals surface area contributed by atoms with Crippen LogP contribution in [0.2, 0.25) is 0 Å². The molecule has 1 saturated carbocycles. The number of hydrogen-bond donors (Lipinski definition) is 2. The number of aromatic nitrogens is 4. The lowest BCUT2D eigenvalue weighted by molar-refractivity contribution is -0.141. The molecule has 0 bridgehead atoms. The van der Waals surface area contributed by atoms with Gasteiger partial charge in [0.25, 0.3) is 17.4 Å². The molecule has 1 aliphatic carbocycles. The molecule has 0 atom stereocenters. The fraction of sp³-hybridized carbons (Fsp3) is 0.500. The number of halogens is 5. The molecule has 0 radical (unpaired) electrons. The molecule has 0 saturated heterocycles. The molecule has 2 N–H and O–H groups in total. The molecule has 0 aliphatic heterocycles. The molecule has 41 heavy (non-hydrogen) atoms. The Hall–Kier alpha value is -3.61. The van der Waals surface area contributed by atoms with Crippen LogP contribution < -0.4 is 16.2 Å². The van der Waals surface area contributed by atoms with Gasteiger partial charge in [0.2, 0.25) is 0 Å². The van der Waals surface area contributed by atoms with Crippen molar-refractivity contribution in [2.75, 3.05) is 11.9 Å². The highest BCUT2D eigenvalue weighted by atomic mass is 19.4. The van der Waals surface area contributed by atoms with E-state index in [1.165, 1.54) is 24.5 Å². The topological polar surface area (TPSA) is 93.8 Å². The smallest absolute Gasteiger partial charge is 0.322 e. The lowest BCUT2D eigenvalue weighted by Gasteiger charge is -2.46. The van der Waals surface area contributed by atoms with E-state index in [-0.39, 0.29) is 12.2 Å². The van der Waals surface area contributed by atoms with Gasteiger partial charge in [0.1, 0.15) is 24.3 Å². The SMILES string of the molecule is CCC(CC)CNCc1cc(C(=O)Nc2cccc(C3(c4nncn4C)CC(F)(F)C3)c2)c(=O)n(CC(F)(F)F)c1. The highest BCUT2D eigenvalue weighted by molar-refractivity contribution is 6.04. The molecular weight excluding hydrogens is 547 g/mol. The third-order valence-electron chi connectivity index (χ3n) is 7.59. The minimum Gasteiger partial charge on any atom is -0.322 e. The Morgan fingerprint density at radius 1 is 1.15 bits per heavy atom. The Bertz CT molecular complexity index is 1440. The van der Waals surface area contributed by atoms with Gasteiger partial charge in [-0.25, -0.2) is 8.78 Å². The van der Waals surface area contributed by atoms with E-state index >= 15 is 0 Å². The van der Waals surface area contributed by atoms with E-state index in [2.05, 4.69) is 20.8 Å². The van der Waals surface area contributed by atoms with Crippen molar-refractivity contribution in [3.8, 4) is 0 Å². The Labute approximate surface area is 234 Å². The third-order valence-corrected chi connectivity index (χ3v) is 7.59. The molecule has 2 heterocycles. The van der Waals surface area contributed by atoms with E-state index in [9.17, 15) is 31.5 Å². The maximum Gasteiger partial charge on any atom is 0.406 e. The van der Waals surface area contributed by atoms with E-state index in [0.29, 0.717) is 34.0 Å². The first kappa shape index (κ1) is 30.4. The first-order chi connectivity index (χ1) is 19.3. The van der Waals surface area contributed by atoms with Gasteiger partial charge in [-0.1, -0.05) is 38.8 Å². The Morgan fingerprint density at radius 2 is 1.85 bits per heavy atom. The second kappa shape index (κ2) is 11.7. The largest absolute Gasteiger partial charge is 0.406 e. The van der Waals surface area contributed by atoms with Gasteiger partial charge in [-0.2, -0.15) is 13.2 Å². The fourth-order valence-electron chi connectivity index (χ4n) is 5.40. The fourth-order valence-corrected chi connectivity index (χ4v) is 5.40. The first-order valence-electron chi connectivity index (χ1n) is 13.4. The maximum atomic E-state index is 14.1. The first-order valence-corrected chi connectivity index (χ1v) is 13.4. The van der Waals surface area contributed by atoms with Crippen molar-refractivity contribution < 1.29 is 26.7 Å². The summed E-state index contributed by atoms with van der Waals surface area (Å²) in [4.78, 5) is 26.2. The van der Waals surface area contributed by atoms with Crippen molar-refractivity contribution in [1.82, 2.24) is 24.6 Å². The van der Waals surface area contributed by atoms with Crippen LogP contribution in [-0.2, 0) is 25.6 Å². The van der Waals surface area contributed by atoms with Crippen molar-refractivity contribution >= 4 is 11.6 Å². The summed E-state index contributed by atoms with van der Waals surface area (Å²) in [6.45, 7) is 3.34. The highest BCUT2D eigenvalue weighted by Crippen LogP contribution is 2.56. The number of carbonyl (C=O) groups is 1. The zero-order valence-electron chi connectivity index (χ0n) is 23.1. The predicted octanol–water partition coefficient (Wildman–Crippen LogP) is 5.03. The van der Waals surface area contributed by atoms with E-state index in [1.54, 1.807) is 23.7 Å². The minimum atomic E-state index is -4.67. The Morgan fingerprint density at radius 3 is 2.44 bits per heavy atom. The van der Waals surface area contributed by atoms with Gasteiger partial charge in [-0.05, 0) is 41.8 Å². The van der Waals surface area contributed by atoms with E-state index in [1.807, 2.05) is 13.8 Å². The summed E-state index contributed by atoms with van der Waals surface area (Å²) in [6.07, 6.45) is -1.30. The van der Waals surface area contributed by atoms with Gasteiger partial charge in [0.15, 0.2) is 0 Å².